The van der Waals surface area contributed by atoms with Gasteiger partial charge < -0.3 is 15.1 Å². The van der Waals surface area contributed by atoms with E-state index >= 15 is 0 Å². The van der Waals surface area contributed by atoms with Crippen LogP contribution in [0.3, 0.4) is 0 Å². The van der Waals surface area contributed by atoms with Crippen LogP contribution >= 0.6 is 0 Å². The number of benzene rings is 1. The summed E-state index contributed by atoms with van der Waals surface area (Å²) in [6.45, 7) is 4.01. The van der Waals surface area contributed by atoms with Crippen LogP contribution in [-0.4, -0.2) is 67.9 Å². The summed E-state index contributed by atoms with van der Waals surface area (Å²) in [5.41, 5.74) is 1.58. The number of hydrogen-bond acceptors (Lipinski definition) is 7. The highest BCUT2D eigenvalue weighted by Crippen LogP contribution is 2.28. The van der Waals surface area contributed by atoms with Crippen molar-refractivity contribution in [3.63, 3.8) is 0 Å². The molecule has 5 rings (SSSR count). The fourth-order valence-electron chi connectivity index (χ4n) is 4.46. The van der Waals surface area contributed by atoms with Crippen molar-refractivity contribution in [2.45, 2.75) is 30.6 Å². The first-order valence-corrected chi connectivity index (χ1v) is 12.2. The lowest BCUT2D eigenvalue weighted by atomic mass is 10.0. The van der Waals surface area contributed by atoms with Gasteiger partial charge in [0.25, 0.3) is 0 Å². The molecule has 3 aliphatic rings. The summed E-state index contributed by atoms with van der Waals surface area (Å²) in [7, 11) is -3.58. The van der Waals surface area contributed by atoms with Crippen LogP contribution in [0.4, 0.5) is 17.3 Å². The molecule has 0 radical (unpaired) electrons. The summed E-state index contributed by atoms with van der Waals surface area (Å²) >= 11 is 0. The number of piperazine rings is 1. The number of rotatable bonds is 4. The topological polar surface area (TPSA) is 98.7 Å². The third kappa shape index (κ3) is 3.97. The van der Waals surface area contributed by atoms with Gasteiger partial charge in [0.1, 0.15) is 18.0 Å². The van der Waals surface area contributed by atoms with Crippen molar-refractivity contribution in [1.82, 2.24) is 14.3 Å². The van der Waals surface area contributed by atoms with E-state index in [2.05, 4.69) is 25.1 Å². The lowest BCUT2D eigenvalue weighted by Gasteiger charge is -2.35. The lowest BCUT2D eigenvalue weighted by molar-refractivity contribution is -0.116. The average molecular weight is 443 g/mol. The maximum Gasteiger partial charge on any atom is 0.243 e. The smallest absolute Gasteiger partial charge is 0.243 e. The number of carbonyl (C=O) groups excluding carboxylic acids is 1. The Kier molecular flexibility index (Phi) is 5.27. The number of nitrogens with zero attached hydrogens (tertiary/aromatic N) is 5. The van der Waals surface area contributed by atoms with Crippen LogP contribution in [0.2, 0.25) is 0 Å². The minimum absolute atomic E-state index is 0.0307. The number of aryl methyl sites for hydroxylation is 1. The second kappa shape index (κ2) is 8.08. The largest absolute Gasteiger partial charge is 0.356 e. The van der Waals surface area contributed by atoms with Crippen LogP contribution in [0.15, 0.2) is 35.5 Å². The van der Waals surface area contributed by atoms with Crippen LogP contribution < -0.4 is 15.1 Å². The Labute approximate surface area is 182 Å². The van der Waals surface area contributed by atoms with Crippen molar-refractivity contribution in [3.05, 3.63) is 36.2 Å². The van der Waals surface area contributed by atoms with Crippen molar-refractivity contribution in [1.29, 1.82) is 0 Å². The van der Waals surface area contributed by atoms with E-state index in [9.17, 15) is 13.2 Å². The molecule has 0 saturated carbocycles. The first-order valence-electron chi connectivity index (χ1n) is 10.8. The first-order chi connectivity index (χ1) is 15.0. The van der Waals surface area contributed by atoms with E-state index in [1.165, 1.54) is 17.1 Å². The predicted molar refractivity (Wildman–Crippen MR) is 118 cm³/mol. The molecule has 164 valence electrons. The van der Waals surface area contributed by atoms with Gasteiger partial charge in [0, 0.05) is 57.4 Å². The lowest BCUT2D eigenvalue weighted by Crippen LogP contribution is -2.49. The molecule has 0 spiro atoms. The molecular weight excluding hydrogens is 416 g/mol. The minimum atomic E-state index is -3.58. The number of amides is 1. The summed E-state index contributed by atoms with van der Waals surface area (Å²) in [5.74, 6) is 1.76. The van der Waals surface area contributed by atoms with E-state index in [4.69, 9.17) is 0 Å². The van der Waals surface area contributed by atoms with E-state index in [1.54, 1.807) is 24.5 Å². The fraction of sp³-hybridized carbons (Fsp3) is 0.476. The molecule has 1 N–H and O–H groups in total. The van der Waals surface area contributed by atoms with Crippen LogP contribution in [0.25, 0.3) is 0 Å². The number of aromatic nitrogens is 2. The Balaban J connectivity index is 1.28. The zero-order chi connectivity index (χ0) is 21.4. The quantitative estimate of drug-likeness (QED) is 0.766. The molecule has 1 amide bonds. The third-order valence-corrected chi connectivity index (χ3v) is 8.14. The highest BCUT2D eigenvalue weighted by Gasteiger charge is 2.30. The number of hydrogen-bond donors (Lipinski definition) is 1. The summed E-state index contributed by atoms with van der Waals surface area (Å²) in [5, 5.41) is 2.80. The third-order valence-electron chi connectivity index (χ3n) is 6.24. The molecule has 0 atom stereocenters. The van der Waals surface area contributed by atoms with Gasteiger partial charge in [-0.3, -0.25) is 4.79 Å². The number of nitrogens with one attached hydrogen (secondary N) is 1. The second-order valence-electron chi connectivity index (χ2n) is 8.19. The van der Waals surface area contributed by atoms with Gasteiger partial charge in [-0.05, 0) is 43.0 Å². The van der Waals surface area contributed by atoms with E-state index in [0.717, 1.165) is 30.3 Å². The molecule has 31 heavy (non-hydrogen) atoms. The first kappa shape index (κ1) is 20.2. The van der Waals surface area contributed by atoms with Gasteiger partial charge in [0.15, 0.2) is 0 Å². The van der Waals surface area contributed by atoms with E-state index in [1.807, 2.05) is 6.07 Å². The molecule has 9 nitrogen and oxygen atoms in total. The van der Waals surface area contributed by atoms with Gasteiger partial charge in [-0.1, -0.05) is 0 Å². The van der Waals surface area contributed by atoms with Crippen molar-refractivity contribution in [2.24, 2.45) is 0 Å². The van der Waals surface area contributed by atoms with Crippen LogP contribution in [0.5, 0.6) is 0 Å². The highest BCUT2D eigenvalue weighted by atomic mass is 32.2. The van der Waals surface area contributed by atoms with Gasteiger partial charge in [-0.2, -0.15) is 4.31 Å². The Morgan fingerprint density at radius 3 is 2.23 bits per heavy atom. The average Bonchev–Trinajstić information content (AvgIpc) is 3.34. The van der Waals surface area contributed by atoms with Gasteiger partial charge >= 0.3 is 0 Å². The SMILES string of the molecule is O=C1CCc2cc(S(=O)(=O)N3CCN(c4cc(N5CCCC5)ncn4)CC3)ccc2N1. The van der Waals surface area contributed by atoms with Crippen molar-refractivity contribution in [2.75, 3.05) is 54.4 Å². The molecule has 1 aromatic carbocycles. The van der Waals surface area contributed by atoms with Gasteiger partial charge in [0.2, 0.25) is 15.9 Å². The zero-order valence-electron chi connectivity index (χ0n) is 17.3. The second-order valence-corrected chi connectivity index (χ2v) is 10.1. The van der Waals surface area contributed by atoms with Gasteiger partial charge in [0.05, 0.1) is 4.90 Å². The summed E-state index contributed by atoms with van der Waals surface area (Å²) in [6.07, 6.45) is 4.91. The Morgan fingerprint density at radius 1 is 0.839 bits per heavy atom. The number of fused-ring (bicyclic) bond motifs is 1. The highest BCUT2D eigenvalue weighted by molar-refractivity contribution is 7.89. The molecule has 0 bridgehead atoms. The Hall–Kier alpha value is -2.72. The normalized spacial score (nSPS) is 19.9. The van der Waals surface area contributed by atoms with Crippen LogP contribution in [-0.2, 0) is 21.2 Å². The van der Waals surface area contributed by atoms with Crippen molar-refractivity contribution in [3.8, 4) is 0 Å². The van der Waals surface area contributed by atoms with E-state index in [0.29, 0.717) is 44.7 Å². The maximum atomic E-state index is 13.2. The van der Waals surface area contributed by atoms with Gasteiger partial charge in [-0.25, -0.2) is 18.4 Å². The monoisotopic (exact) mass is 442 g/mol. The molecule has 0 unspecified atom stereocenters. The minimum Gasteiger partial charge on any atom is -0.356 e. The van der Waals surface area contributed by atoms with Crippen molar-refractivity contribution < 1.29 is 13.2 Å². The van der Waals surface area contributed by atoms with Crippen LogP contribution in [0.1, 0.15) is 24.8 Å². The van der Waals surface area contributed by atoms with Gasteiger partial charge in [-0.15, -0.1) is 0 Å². The number of anilines is 3. The standard InChI is InChI=1S/C21H26N6O3S/c28-21-6-3-16-13-17(4-5-18(16)24-21)31(29,30)27-11-9-26(10-12-27)20-14-19(22-15-23-20)25-7-1-2-8-25/h4-5,13-15H,1-3,6-12H2,(H,24,28). The van der Waals surface area contributed by atoms with Crippen LogP contribution in [0, 0.1) is 0 Å². The molecule has 3 aliphatic heterocycles. The molecule has 0 aliphatic carbocycles. The molecule has 4 heterocycles. The maximum absolute atomic E-state index is 13.2. The summed E-state index contributed by atoms with van der Waals surface area (Å²) in [4.78, 5) is 25.0. The molecule has 10 heteroatoms. The summed E-state index contributed by atoms with van der Waals surface area (Å²) in [6, 6.07) is 6.98. The Bertz CT molecular complexity index is 1090. The van der Waals surface area contributed by atoms with Crippen molar-refractivity contribution >= 4 is 33.3 Å². The van der Waals surface area contributed by atoms with E-state index < -0.39 is 10.0 Å². The molecule has 2 aromatic rings. The molecule has 2 saturated heterocycles. The Morgan fingerprint density at radius 2 is 1.52 bits per heavy atom. The predicted octanol–water partition coefficient (Wildman–Crippen LogP) is 1.47. The number of carbonyl (C=O) groups is 1. The molecule has 2 fully saturated rings. The summed E-state index contributed by atoms with van der Waals surface area (Å²) < 4.78 is 27.9. The molecular formula is C21H26N6O3S. The zero-order valence-corrected chi connectivity index (χ0v) is 18.1. The fourth-order valence-corrected chi connectivity index (χ4v) is 5.93. The molecule has 1 aromatic heterocycles. The van der Waals surface area contributed by atoms with E-state index in [-0.39, 0.29) is 10.8 Å². The number of sulfonamides is 1.